The van der Waals surface area contributed by atoms with Gasteiger partial charge in [0.05, 0.1) is 17.0 Å². The Labute approximate surface area is 213 Å². The number of nitrogens with one attached hydrogen (secondary N) is 1. The van der Waals surface area contributed by atoms with Gasteiger partial charge in [-0.1, -0.05) is 22.6 Å². The number of ether oxygens (including phenoxy) is 5. The molecule has 4 saturated heterocycles. The summed E-state index contributed by atoms with van der Waals surface area (Å²) < 4.78 is 29.5. The Balaban J connectivity index is 1.18. The molecule has 12 heteroatoms. The first-order chi connectivity index (χ1) is 16.4. The van der Waals surface area contributed by atoms with Crippen LogP contribution in [0.5, 0.6) is 0 Å². The molecular weight excluding hydrogens is 559 g/mol. The number of likely N-dealkylation sites (tertiary alicyclic amines) is 2. The quantitative estimate of drug-likeness (QED) is 0.341. The molecule has 1 N–H and O–H groups in total. The Morgan fingerprint density at radius 2 is 1.94 bits per heavy atom. The molecule has 1 unspecified atom stereocenters. The summed E-state index contributed by atoms with van der Waals surface area (Å²) in [5, 5.41) is 12.4. The van der Waals surface area contributed by atoms with Gasteiger partial charge in [-0.25, -0.2) is 4.79 Å². The van der Waals surface area contributed by atoms with Crippen LogP contribution in [0.4, 0.5) is 4.79 Å². The van der Waals surface area contributed by atoms with Crippen molar-refractivity contribution in [3.05, 3.63) is 0 Å². The van der Waals surface area contributed by atoms with Crippen molar-refractivity contribution >= 4 is 34.6 Å². The summed E-state index contributed by atoms with van der Waals surface area (Å²) in [4.78, 5) is 28.4. The Hall–Kier alpha value is -1.24. The third kappa shape index (κ3) is 5.60. The summed E-state index contributed by atoms with van der Waals surface area (Å²) in [5.74, 6) is -0.744. The fourth-order valence-corrected chi connectivity index (χ4v) is 5.35. The van der Waals surface area contributed by atoms with Gasteiger partial charge >= 0.3 is 6.09 Å². The third-order valence-corrected chi connectivity index (χ3v) is 8.29. The fourth-order valence-electron chi connectivity index (χ4n) is 4.99. The SMILES string of the molecule is CO[C@@H]1O[C@H](COC(=O)N2CCC(NCC(=O)N3CCC[C@H]3C#N)CC2)[C@H]2OC(C)(CI)O[C@@H]12. The van der Waals surface area contributed by atoms with Crippen molar-refractivity contribution in [3.63, 3.8) is 0 Å². The predicted molar refractivity (Wildman–Crippen MR) is 127 cm³/mol. The van der Waals surface area contributed by atoms with E-state index in [-0.39, 0.29) is 49.4 Å². The predicted octanol–water partition coefficient (Wildman–Crippen LogP) is 0.998. The van der Waals surface area contributed by atoms with Gasteiger partial charge in [-0.2, -0.15) is 5.26 Å². The Kier molecular flexibility index (Phi) is 8.53. The van der Waals surface area contributed by atoms with E-state index in [2.05, 4.69) is 34.0 Å². The number of halogens is 1. The number of nitriles is 1. The van der Waals surface area contributed by atoms with E-state index in [4.69, 9.17) is 28.9 Å². The van der Waals surface area contributed by atoms with Crippen LogP contribution in [-0.4, -0.2) is 109 Å². The van der Waals surface area contributed by atoms with Crippen LogP contribution in [0, 0.1) is 11.3 Å². The van der Waals surface area contributed by atoms with Gasteiger partial charge in [-0.15, -0.1) is 0 Å². The molecule has 0 aliphatic carbocycles. The number of piperidine rings is 1. The van der Waals surface area contributed by atoms with Crippen LogP contribution in [0.15, 0.2) is 0 Å². The number of amides is 2. The maximum Gasteiger partial charge on any atom is 0.409 e. The lowest BCUT2D eigenvalue weighted by Crippen LogP contribution is -2.48. The van der Waals surface area contributed by atoms with Crippen molar-refractivity contribution in [2.24, 2.45) is 0 Å². The molecule has 0 bridgehead atoms. The van der Waals surface area contributed by atoms with Crippen LogP contribution in [0.1, 0.15) is 32.6 Å². The molecule has 0 saturated carbocycles. The number of hydrogen-bond acceptors (Lipinski definition) is 9. The van der Waals surface area contributed by atoms with E-state index >= 15 is 0 Å². The monoisotopic (exact) mass is 592 g/mol. The molecule has 4 fully saturated rings. The highest BCUT2D eigenvalue weighted by Crippen LogP contribution is 2.40. The topological polar surface area (TPSA) is 123 Å². The normalized spacial score (nSPS) is 35.9. The fraction of sp³-hybridized carbons (Fsp3) is 0.864. The van der Waals surface area contributed by atoms with Gasteiger partial charge in [0.2, 0.25) is 5.91 Å². The summed E-state index contributed by atoms with van der Waals surface area (Å²) in [6.07, 6.45) is 0.947. The van der Waals surface area contributed by atoms with Crippen LogP contribution >= 0.6 is 22.6 Å². The highest BCUT2D eigenvalue weighted by Gasteiger charge is 2.57. The van der Waals surface area contributed by atoms with Crippen molar-refractivity contribution in [2.75, 3.05) is 44.3 Å². The third-order valence-electron chi connectivity index (χ3n) is 6.90. The first kappa shape index (κ1) is 25.8. The van der Waals surface area contributed by atoms with Crippen molar-refractivity contribution in [1.29, 1.82) is 5.26 Å². The zero-order chi connectivity index (χ0) is 24.3. The van der Waals surface area contributed by atoms with Crippen LogP contribution < -0.4 is 5.32 Å². The number of carbonyl (C=O) groups excluding carboxylic acids is 2. The molecule has 4 rings (SSSR count). The summed E-state index contributed by atoms with van der Waals surface area (Å²) in [7, 11) is 1.55. The number of fused-ring (bicyclic) bond motifs is 1. The zero-order valence-corrected chi connectivity index (χ0v) is 21.8. The van der Waals surface area contributed by atoms with Crippen LogP contribution in [-0.2, 0) is 28.5 Å². The van der Waals surface area contributed by atoms with E-state index in [0.29, 0.717) is 24.1 Å². The largest absolute Gasteiger partial charge is 0.447 e. The molecule has 0 aromatic rings. The standard InChI is InChI=1S/C22H33IN4O7/c1-22(13-23)33-18-16(32-20(30-2)19(18)34-22)12-31-21(29)26-8-5-14(6-9-26)25-11-17(28)27-7-3-4-15(27)10-24/h14-16,18-20,25H,3-9,11-13H2,1-2H3/t15-,16+,18+,19+,20+,22?/m0/s1. The summed E-state index contributed by atoms with van der Waals surface area (Å²) in [6, 6.07) is 2.04. The van der Waals surface area contributed by atoms with Gasteiger partial charge in [0.15, 0.2) is 12.1 Å². The number of hydrogen-bond donors (Lipinski definition) is 1. The van der Waals surface area contributed by atoms with Gasteiger partial charge < -0.3 is 38.8 Å². The lowest BCUT2D eigenvalue weighted by molar-refractivity contribution is -0.227. The molecule has 4 heterocycles. The average Bonchev–Trinajstić information content (AvgIpc) is 3.55. The molecule has 0 spiro atoms. The van der Waals surface area contributed by atoms with E-state index in [1.165, 1.54) is 0 Å². The molecule has 6 atom stereocenters. The molecule has 2 amide bonds. The van der Waals surface area contributed by atoms with E-state index in [1.54, 1.807) is 16.9 Å². The first-order valence-electron chi connectivity index (χ1n) is 11.8. The minimum Gasteiger partial charge on any atom is -0.447 e. The lowest BCUT2D eigenvalue weighted by Gasteiger charge is -2.32. The maximum atomic E-state index is 12.6. The molecule has 4 aliphatic rings. The highest BCUT2D eigenvalue weighted by atomic mass is 127. The summed E-state index contributed by atoms with van der Waals surface area (Å²) in [6.45, 7) is 3.89. The number of nitrogens with zero attached hydrogens (tertiary/aromatic N) is 3. The minimum absolute atomic E-state index is 0.0353. The van der Waals surface area contributed by atoms with Crippen molar-refractivity contribution in [3.8, 4) is 6.07 Å². The highest BCUT2D eigenvalue weighted by molar-refractivity contribution is 14.1. The number of carbonyl (C=O) groups is 2. The molecule has 0 aromatic heterocycles. The second kappa shape index (κ2) is 11.2. The van der Waals surface area contributed by atoms with Gasteiger partial charge in [0.25, 0.3) is 0 Å². The Morgan fingerprint density at radius 1 is 1.21 bits per heavy atom. The van der Waals surface area contributed by atoms with E-state index in [9.17, 15) is 9.59 Å². The first-order valence-corrected chi connectivity index (χ1v) is 13.3. The molecule has 34 heavy (non-hydrogen) atoms. The van der Waals surface area contributed by atoms with Crippen LogP contribution in [0.3, 0.4) is 0 Å². The smallest absolute Gasteiger partial charge is 0.409 e. The molecule has 190 valence electrons. The molecule has 11 nitrogen and oxygen atoms in total. The molecule has 4 aliphatic heterocycles. The van der Waals surface area contributed by atoms with Crippen molar-refractivity contribution < 1.29 is 33.3 Å². The second-order valence-corrected chi connectivity index (χ2v) is 10.1. The van der Waals surface area contributed by atoms with Crippen molar-refractivity contribution in [1.82, 2.24) is 15.1 Å². The maximum absolute atomic E-state index is 12.6. The van der Waals surface area contributed by atoms with Gasteiger partial charge in [-0.3, -0.25) is 4.79 Å². The zero-order valence-electron chi connectivity index (χ0n) is 19.6. The van der Waals surface area contributed by atoms with Crippen LogP contribution in [0.2, 0.25) is 0 Å². The Bertz CT molecular complexity index is 790. The Morgan fingerprint density at radius 3 is 2.62 bits per heavy atom. The summed E-state index contributed by atoms with van der Waals surface area (Å²) in [5.41, 5.74) is 0. The molecule has 0 aromatic carbocycles. The van der Waals surface area contributed by atoms with Gasteiger partial charge in [0, 0.05) is 32.8 Å². The number of methoxy groups -OCH3 is 1. The summed E-state index contributed by atoms with van der Waals surface area (Å²) >= 11 is 2.21. The second-order valence-electron chi connectivity index (χ2n) is 9.30. The van der Waals surface area contributed by atoms with E-state index < -0.39 is 18.2 Å². The van der Waals surface area contributed by atoms with E-state index in [1.807, 2.05) is 6.92 Å². The molecular formula is C22H33IN4O7. The lowest BCUT2D eigenvalue weighted by atomic mass is 10.1. The van der Waals surface area contributed by atoms with Gasteiger partial charge in [-0.05, 0) is 32.6 Å². The molecule has 0 radical (unpaired) electrons. The minimum atomic E-state index is -0.709. The average molecular weight is 592 g/mol. The van der Waals surface area contributed by atoms with Gasteiger partial charge in [0.1, 0.15) is 31.0 Å². The van der Waals surface area contributed by atoms with Crippen molar-refractivity contribution in [2.45, 2.75) is 75.1 Å². The number of rotatable bonds is 7. The number of alkyl halides is 1. The van der Waals surface area contributed by atoms with Crippen LogP contribution in [0.25, 0.3) is 0 Å². The van der Waals surface area contributed by atoms with E-state index in [0.717, 1.165) is 25.7 Å².